The summed E-state index contributed by atoms with van der Waals surface area (Å²) in [6, 6.07) is 21.2. The number of carbonyl (C=O) groups is 5. The lowest BCUT2D eigenvalue weighted by atomic mass is 10.0. The molecule has 4 aromatic rings. The minimum atomic E-state index is -1.45. The minimum absolute atomic E-state index is 0.0624. The van der Waals surface area contributed by atoms with Gasteiger partial charge in [0.25, 0.3) is 11.5 Å². The first-order valence-corrected chi connectivity index (χ1v) is 15.1. The maximum Gasteiger partial charge on any atom is 0.305 e. The van der Waals surface area contributed by atoms with Crippen LogP contribution in [0.4, 0.5) is 5.69 Å². The van der Waals surface area contributed by atoms with E-state index in [9.17, 15) is 33.9 Å². The summed E-state index contributed by atoms with van der Waals surface area (Å²) in [6.45, 7) is 1.28. The quantitative estimate of drug-likeness (QED) is 0.153. The number of ketones is 1. The van der Waals surface area contributed by atoms with Crippen LogP contribution in [0.3, 0.4) is 0 Å². The van der Waals surface area contributed by atoms with E-state index in [1.54, 1.807) is 37.3 Å². The lowest BCUT2D eigenvalue weighted by molar-refractivity contribution is -0.141. The summed E-state index contributed by atoms with van der Waals surface area (Å²) in [4.78, 5) is 78.6. The largest absolute Gasteiger partial charge is 0.481 e. The molecule has 1 aromatic heterocycles. The fraction of sp³-hybridized carbons (Fsp3) is 0.257. The molecule has 0 saturated heterocycles. The number of pyridine rings is 1. The van der Waals surface area contributed by atoms with Crippen LogP contribution in [0.1, 0.15) is 41.7 Å². The molecule has 5 N–H and O–H groups in total. The number of Topliss-reactive ketones (excluding diaryl/α,β-unsaturated/α-hetero) is 1. The van der Waals surface area contributed by atoms with Gasteiger partial charge in [-0.2, -0.15) is 0 Å². The monoisotopic (exact) mass is 639 g/mol. The Bertz CT molecular complexity index is 1840. The normalized spacial score (nSPS) is 13.0. The van der Waals surface area contributed by atoms with Crippen molar-refractivity contribution < 1.29 is 29.1 Å². The molecule has 0 fully saturated rings. The van der Waals surface area contributed by atoms with Gasteiger partial charge in [-0.3, -0.25) is 33.7 Å². The molecule has 0 aliphatic carbocycles. The standard InChI is InChI=1S/C35H37N5O7/c1-3-28(40-17-9-14-26(35(40)47)37-33(45)25-16-15-23-12-7-8-13-24(23)19-25)34(46)38-27(20-31(42)43)30(41)21-39(2)29(32(36)44)18-22-10-5-4-6-11-22/h4-17,19,27-29H,3,18,20-21H2,1-2H3,(H2,36,44)(H,37,45)(H,38,46)(H,42,43)/t27-,28?,29-/m0/s1. The molecule has 0 bridgehead atoms. The maximum atomic E-state index is 13.5. The highest BCUT2D eigenvalue weighted by Gasteiger charge is 2.31. The van der Waals surface area contributed by atoms with Crippen molar-refractivity contribution in [2.45, 2.75) is 44.3 Å². The van der Waals surface area contributed by atoms with Gasteiger partial charge < -0.3 is 26.0 Å². The summed E-state index contributed by atoms with van der Waals surface area (Å²) in [5.41, 5.74) is 6.05. The van der Waals surface area contributed by atoms with Gasteiger partial charge in [0.15, 0.2) is 5.78 Å². The molecule has 0 aliphatic rings. The maximum absolute atomic E-state index is 13.5. The number of carboxylic acid groups (broad SMARTS) is 1. The number of benzene rings is 3. The summed E-state index contributed by atoms with van der Waals surface area (Å²) in [6.07, 6.45) is 1.00. The topological polar surface area (TPSA) is 181 Å². The van der Waals surface area contributed by atoms with Crippen LogP contribution >= 0.6 is 0 Å². The lowest BCUT2D eigenvalue weighted by Crippen LogP contribution is -2.52. The number of rotatable bonds is 15. The Kier molecular flexibility index (Phi) is 11.4. The number of nitrogens with zero attached hydrogens (tertiary/aromatic N) is 2. The second-order valence-electron chi connectivity index (χ2n) is 11.2. The third-order valence-electron chi connectivity index (χ3n) is 7.88. The van der Waals surface area contributed by atoms with Gasteiger partial charge in [-0.1, -0.05) is 67.6 Å². The number of aromatic nitrogens is 1. The summed E-state index contributed by atoms with van der Waals surface area (Å²) >= 11 is 0. The molecule has 12 nitrogen and oxygen atoms in total. The van der Waals surface area contributed by atoms with Crippen molar-refractivity contribution in [2.75, 3.05) is 18.9 Å². The summed E-state index contributed by atoms with van der Waals surface area (Å²) in [5.74, 6) is -3.92. The average molecular weight is 640 g/mol. The molecule has 47 heavy (non-hydrogen) atoms. The van der Waals surface area contributed by atoms with Crippen LogP contribution in [0.15, 0.2) is 95.9 Å². The number of carboxylic acids is 1. The predicted octanol–water partition coefficient (Wildman–Crippen LogP) is 2.76. The Labute approximate surface area is 271 Å². The molecule has 0 saturated carbocycles. The molecule has 244 valence electrons. The molecule has 3 aromatic carbocycles. The molecule has 1 heterocycles. The smallest absolute Gasteiger partial charge is 0.305 e. The molecule has 1 unspecified atom stereocenters. The Morgan fingerprint density at radius 2 is 1.60 bits per heavy atom. The highest BCUT2D eigenvalue weighted by atomic mass is 16.4. The number of amides is 3. The van der Waals surface area contributed by atoms with Gasteiger partial charge in [-0.05, 0) is 60.5 Å². The summed E-state index contributed by atoms with van der Waals surface area (Å²) < 4.78 is 1.13. The number of anilines is 1. The Hall–Kier alpha value is -5.62. The fourth-order valence-electron chi connectivity index (χ4n) is 5.35. The van der Waals surface area contributed by atoms with E-state index in [1.165, 1.54) is 30.3 Å². The highest BCUT2D eigenvalue weighted by molar-refractivity contribution is 6.06. The zero-order valence-electron chi connectivity index (χ0n) is 26.1. The first-order valence-electron chi connectivity index (χ1n) is 15.1. The van der Waals surface area contributed by atoms with Crippen LogP contribution in [0.25, 0.3) is 10.8 Å². The van der Waals surface area contributed by atoms with E-state index in [0.29, 0.717) is 5.56 Å². The third kappa shape index (κ3) is 8.76. The zero-order chi connectivity index (χ0) is 34.1. The van der Waals surface area contributed by atoms with E-state index in [1.807, 2.05) is 42.5 Å². The second-order valence-corrected chi connectivity index (χ2v) is 11.2. The molecule has 0 radical (unpaired) electrons. The van der Waals surface area contributed by atoms with Crippen molar-refractivity contribution in [3.8, 4) is 0 Å². The summed E-state index contributed by atoms with van der Waals surface area (Å²) in [7, 11) is 1.52. The van der Waals surface area contributed by atoms with Gasteiger partial charge in [0.2, 0.25) is 11.8 Å². The number of likely N-dealkylation sites (N-methyl/N-ethyl adjacent to an activating group) is 1. The summed E-state index contributed by atoms with van der Waals surface area (Å²) in [5, 5.41) is 16.4. The minimum Gasteiger partial charge on any atom is -0.481 e. The number of hydrogen-bond donors (Lipinski definition) is 4. The van der Waals surface area contributed by atoms with Gasteiger partial charge in [-0.15, -0.1) is 0 Å². The van der Waals surface area contributed by atoms with Crippen molar-refractivity contribution in [1.82, 2.24) is 14.8 Å². The first-order chi connectivity index (χ1) is 22.5. The Morgan fingerprint density at radius 1 is 0.915 bits per heavy atom. The van der Waals surface area contributed by atoms with E-state index in [2.05, 4.69) is 10.6 Å². The van der Waals surface area contributed by atoms with Crippen LogP contribution in [0.2, 0.25) is 0 Å². The van der Waals surface area contributed by atoms with Crippen LogP contribution in [0.5, 0.6) is 0 Å². The van der Waals surface area contributed by atoms with Crippen LogP contribution in [-0.2, 0) is 25.6 Å². The highest BCUT2D eigenvalue weighted by Crippen LogP contribution is 2.18. The van der Waals surface area contributed by atoms with Crippen molar-refractivity contribution in [2.24, 2.45) is 5.73 Å². The van der Waals surface area contributed by atoms with E-state index in [4.69, 9.17) is 5.73 Å². The molecule has 3 atom stereocenters. The number of nitrogens with two attached hydrogens (primary N) is 1. The number of aliphatic carboxylic acids is 1. The van der Waals surface area contributed by atoms with E-state index < -0.39 is 59.6 Å². The van der Waals surface area contributed by atoms with Crippen molar-refractivity contribution in [1.29, 1.82) is 0 Å². The lowest BCUT2D eigenvalue weighted by Gasteiger charge is -2.27. The zero-order valence-corrected chi connectivity index (χ0v) is 26.1. The average Bonchev–Trinajstić information content (AvgIpc) is 3.05. The fourth-order valence-corrected chi connectivity index (χ4v) is 5.35. The molecule has 0 spiro atoms. The van der Waals surface area contributed by atoms with Gasteiger partial charge in [0.1, 0.15) is 11.7 Å². The van der Waals surface area contributed by atoms with Crippen molar-refractivity contribution in [3.05, 3.63) is 113 Å². The molecule has 3 amide bonds. The number of carbonyl (C=O) groups excluding carboxylic acids is 4. The van der Waals surface area contributed by atoms with Gasteiger partial charge >= 0.3 is 5.97 Å². The van der Waals surface area contributed by atoms with E-state index in [-0.39, 0.29) is 25.1 Å². The second kappa shape index (κ2) is 15.6. The SMILES string of the molecule is CCC(C(=O)N[C@@H](CC(=O)O)C(=O)CN(C)[C@@H](Cc1ccccc1)C(N)=O)n1cccc(NC(=O)c2ccc3ccccc3c2)c1=O. The van der Waals surface area contributed by atoms with Gasteiger partial charge in [0, 0.05) is 11.8 Å². The van der Waals surface area contributed by atoms with E-state index in [0.717, 1.165) is 20.9 Å². The number of primary amides is 1. The molecular formula is C35H37N5O7. The third-order valence-corrected chi connectivity index (χ3v) is 7.88. The number of hydrogen-bond acceptors (Lipinski definition) is 7. The van der Waals surface area contributed by atoms with Crippen molar-refractivity contribution >= 4 is 45.9 Å². The molecule has 12 heteroatoms. The molecule has 0 aliphatic heterocycles. The Balaban J connectivity index is 1.49. The molecule has 4 rings (SSSR count). The number of nitrogens with one attached hydrogen (secondary N) is 2. The molecular weight excluding hydrogens is 602 g/mol. The van der Waals surface area contributed by atoms with Crippen LogP contribution in [0, 0.1) is 0 Å². The number of fused-ring (bicyclic) bond motifs is 1. The van der Waals surface area contributed by atoms with Gasteiger partial charge in [-0.25, -0.2) is 0 Å². The van der Waals surface area contributed by atoms with Crippen molar-refractivity contribution in [3.63, 3.8) is 0 Å². The Morgan fingerprint density at radius 3 is 2.26 bits per heavy atom. The predicted molar refractivity (Wildman–Crippen MR) is 177 cm³/mol. The van der Waals surface area contributed by atoms with E-state index >= 15 is 0 Å². The van der Waals surface area contributed by atoms with Crippen LogP contribution < -0.4 is 21.9 Å². The van der Waals surface area contributed by atoms with Gasteiger partial charge in [0.05, 0.1) is 25.0 Å². The van der Waals surface area contributed by atoms with Crippen LogP contribution in [-0.4, -0.2) is 69.7 Å². The first kappa shape index (κ1) is 34.3.